The zero-order valence-corrected chi connectivity index (χ0v) is 11.4. The van der Waals surface area contributed by atoms with E-state index in [0.717, 1.165) is 25.9 Å². The molecule has 1 aliphatic rings. The molecule has 0 bridgehead atoms. The van der Waals surface area contributed by atoms with Gasteiger partial charge in [-0.1, -0.05) is 6.92 Å². The number of carbonyl (C=O) groups is 1. The molecule has 1 aromatic carbocycles. The van der Waals surface area contributed by atoms with Crippen LogP contribution < -0.4 is 4.90 Å². The largest absolute Gasteiger partial charge is 0.371 e. The molecule has 6 heteroatoms. The maximum Gasteiger partial charge on any atom is 0.270 e. The first kappa shape index (κ1) is 13.8. The maximum absolute atomic E-state index is 11.5. The van der Waals surface area contributed by atoms with Crippen molar-refractivity contribution in [3.63, 3.8) is 0 Å². The van der Waals surface area contributed by atoms with Crippen LogP contribution in [0, 0.1) is 16.0 Å². The molecule has 0 radical (unpaired) electrons. The molecule has 0 atom stereocenters. The molecule has 1 saturated heterocycles. The molecule has 0 unspecified atom stereocenters. The van der Waals surface area contributed by atoms with Gasteiger partial charge in [0.05, 0.1) is 10.5 Å². The molecule has 0 saturated carbocycles. The molecule has 102 valence electrons. The molecule has 0 spiro atoms. The number of rotatable bonds is 3. The molecule has 2 rings (SSSR count). The number of non-ortho nitro benzene ring substituents is 1. The second kappa shape index (κ2) is 5.57. The minimum atomic E-state index is -0.655. The van der Waals surface area contributed by atoms with Crippen LogP contribution in [-0.2, 0) is 0 Å². The van der Waals surface area contributed by atoms with E-state index in [1.54, 1.807) is 6.07 Å². The van der Waals surface area contributed by atoms with Crippen LogP contribution in [0.2, 0.25) is 0 Å². The van der Waals surface area contributed by atoms with Gasteiger partial charge < -0.3 is 4.90 Å². The van der Waals surface area contributed by atoms with Gasteiger partial charge in [0.2, 0.25) is 0 Å². The normalized spacial score (nSPS) is 16.4. The zero-order valence-electron chi connectivity index (χ0n) is 10.6. The monoisotopic (exact) mass is 282 g/mol. The molecule has 1 aliphatic heterocycles. The third-order valence-electron chi connectivity index (χ3n) is 3.53. The van der Waals surface area contributed by atoms with Crippen molar-refractivity contribution in [3.05, 3.63) is 33.9 Å². The Hall–Kier alpha value is -1.62. The van der Waals surface area contributed by atoms with Crippen LogP contribution in [-0.4, -0.2) is 23.3 Å². The Morgan fingerprint density at radius 2 is 2.05 bits per heavy atom. The van der Waals surface area contributed by atoms with Crippen LogP contribution in [0.5, 0.6) is 0 Å². The van der Waals surface area contributed by atoms with Gasteiger partial charge in [0.1, 0.15) is 0 Å². The van der Waals surface area contributed by atoms with E-state index in [9.17, 15) is 14.9 Å². The summed E-state index contributed by atoms with van der Waals surface area (Å²) in [5.74, 6) is 0.671. The number of piperidine rings is 1. The predicted octanol–water partition coefficient (Wildman–Crippen LogP) is 3.21. The zero-order chi connectivity index (χ0) is 14.0. The number of nitro benzene ring substituents is 1. The Morgan fingerprint density at radius 3 is 2.58 bits per heavy atom. The predicted molar refractivity (Wildman–Crippen MR) is 73.9 cm³/mol. The molecule has 5 nitrogen and oxygen atoms in total. The smallest absolute Gasteiger partial charge is 0.270 e. The standard InChI is InChI=1S/C13H15ClN2O3/c1-9-4-6-15(7-5-9)12-3-2-10(16(18)19)8-11(12)13(14)17/h2-3,8-9H,4-7H2,1H3. The van der Waals surface area contributed by atoms with Gasteiger partial charge in [0.25, 0.3) is 10.9 Å². The maximum atomic E-state index is 11.5. The van der Waals surface area contributed by atoms with Crippen LogP contribution in [0.25, 0.3) is 0 Å². The fraction of sp³-hybridized carbons (Fsp3) is 0.462. The van der Waals surface area contributed by atoms with E-state index in [1.807, 2.05) is 0 Å². The van der Waals surface area contributed by atoms with Crippen LogP contribution in [0.1, 0.15) is 30.1 Å². The van der Waals surface area contributed by atoms with Crippen molar-refractivity contribution >= 4 is 28.2 Å². The lowest BCUT2D eigenvalue weighted by molar-refractivity contribution is -0.384. The molecule has 19 heavy (non-hydrogen) atoms. The number of hydrogen-bond acceptors (Lipinski definition) is 4. The lowest BCUT2D eigenvalue weighted by Crippen LogP contribution is -2.33. The first-order valence-corrected chi connectivity index (χ1v) is 6.60. The Balaban J connectivity index is 2.34. The third-order valence-corrected chi connectivity index (χ3v) is 3.73. The Labute approximate surface area is 116 Å². The van der Waals surface area contributed by atoms with Crippen molar-refractivity contribution in [2.75, 3.05) is 18.0 Å². The number of nitro groups is 1. The average Bonchev–Trinajstić information content (AvgIpc) is 2.38. The van der Waals surface area contributed by atoms with Crippen LogP contribution in [0.15, 0.2) is 18.2 Å². The molecule has 0 amide bonds. The van der Waals surface area contributed by atoms with E-state index in [-0.39, 0.29) is 11.3 Å². The van der Waals surface area contributed by atoms with Crippen LogP contribution in [0.3, 0.4) is 0 Å². The number of hydrogen-bond donors (Lipinski definition) is 0. The van der Waals surface area contributed by atoms with Gasteiger partial charge in [0.15, 0.2) is 0 Å². The molecule has 0 aromatic heterocycles. The quantitative estimate of drug-likeness (QED) is 0.485. The third kappa shape index (κ3) is 3.04. The highest BCUT2D eigenvalue weighted by atomic mass is 35.5. The molecule has 1 aromatic rings. The van der Waals surface area contributed by atoms with Crippen molar-refractivity contribution in [3.8, 4) is 0 Å². The van der Waals surface area contributed by atoms with E-state index < -0.39 is 10.2 Å². The topological polar surface area (TPSA) is 63.4 Å². The average molecular weight is 283 g/mol. The van der Waals surface area contributed by atoms with Crippen molar-refractivity contribution in [2.24, 2.45) is 5.92 Å². The summed E-state index contributed by atoms with van der Waals surface area (Å²) in [7, 11) is 0. The molecule has 0 aliphatic carbocycles. The highest BCUT2D eigenvalue weighted by molar-refractivity contribution is 6.68. The summed E-state index contributed by atoms with van der Waals surface area (Å²) in [6.45, 7) is 3.88. The lowest BCUT2D eigenvalue weighted by Gasteiger charge is -2.32. The van der Waals surface area contributed by atoms with Gasteiger partial charge in [0, 0.05) is 30.9 Å². The first-order valence-electron chi connectivity index (χ1n) is 6.22. The summed E-state index contributed by atoms with van der Waals surface area (Å²) in [5, 5.41) is 10.1. The first-order chi connectivity index (χ1) is 8.99. The van der Waals surface area contributed by atoms with Gasteiger partial charge in [-0.25, -0.2) is 0 Å². The number of nitrogens with zero attached hydrogens (tertiary/aromatic N) is 2. The lowest BCUT2D eigenvalue weighted by atomic mass is 9.98. The summed E-state index contributed by atoms with van der Waals surface area (Å²) >= 11 is 5.54. The van der Waals surface area contributed by atoms with Crippen molar-refractivity contribution in [1.82, 2.24) is 0 Å². The van der Waals surface area contributed by atoms with Crippen LogP contribution in [0.4, 0.5) is 11.4 Å². The Bertz CT molecular complexity index is 511. The van der Waals surface area contributed by atoms with E-state index >= 15 is 0 Å². The molecule has 1 fully saturated rings. The van der Waals surface area contributed by atoms with Gasteiger partial charge in [-0.2, -0.15) is 0 Å². The SMILES string of the molecule is CC1CCN(c2ccc([N+](=O)[O-])cc2C(=O)Cl)CC1. The van der Waals surface area contributed by atoms with E-state index in [2.05, 4.69) is 11.8 Å². The van der Waals surface area contributed by atoms with E-state index in [0.29, 0.717) is 11.6 Å². The number of carbonyl (C=O) groups excluding carboxylic acids is 1. The molecule has 0 N–H and O–H groups in total. The number of benzene rings is 1. The minimum absolute atomic E-state index is 0.113. The molecular formula is C13H15ClN2O3. The molecule has 1 heterocycles. The number of halogens is 1. The minimum Gasteiger partial charge on any atom is -0.371 e. The highest BCUT2D eigenvalue weighted by Crippen LogP contribution is 2.30. The van der Waals surface area contributed by atoms with Crippen molar-refractivity contribution in [1.29, 1.82) is 0 Å². The van der Waals surface area contributed by atoms with Crippen molar-refractivity contribution < 1.29 is 9.72 Å². The van der Waals surface area contributed by atoms with Gasteiger partial charge in [-0.05, 0) is 36.4 Å². The summed E-state index contributed by atoms with van der Waals surface area (Å²) in [6.07, 6.45) is 2.10. The fourth-order valence-electron chi connectivity index (χ4n) is 2.32. The summed E-state index contributed by atoms with van der Waals surface area (Å²) in [4.78, 5) is 23.8. The summed E-state index contributed by atoms with van der Waals surface area (Å²) in [6, 6.07) is 4.28. The van der Waals surface area contributed by atoms with Gasteiger partial charge in [-0.3, -0.25) is 14.9 Å². The summed E-state index contributed by atoms with van der Waals surface area (Å²) < 4.78 is 0. The van der Waals surface area contributed by atoms with Gasteiger partial charge >= 0.3 is 0 Å². The molecular weight excluding hydrogens is 268 g/mol. The Kier molecular flexibility index (Phi) is 4.04. The highest BCUT2D eigenvalue weighted by Gasteiger charge is 2.22. The van der Waals surface area contributed by atoms with E-state index in [1.165, 1.54) is 12.1 Å². The van der Waals surface area contributed by atoms with Gasteiger partial charge in [-0.15, -0.1) is 0 Å². The second-order valence-electron chi connectivity index (χ2n) is 4.90. The van der Waals surface area contributed by atoms with Crippen molar-refractivity contribution in [2.45, 2.75) is 19.8 Å². The fourth-order valence-corrected chi connectivity index (χ4v) is 2.47. The second-order valence-corrected chi connectivity index (χ2v) is 5.25. The number of anilines is 1. The van der Waals surface area contributed by atoms with E-state index in [4.69, 9.17) is 11.6 Å². The Morgan fingerprint density at radius 1 is 1.42 bits per heavy atom. The van der Waals surface area contributed by atoms with Crippen LogP contribution >= 0.6 is 11.6 Å². The summed E-state index contributed by atoms with van der Waals surface area (Å²) in [5.41, 5.74) is 0.793.